The zero-order valence-corrected chi connectivity index (χ0v) is 12.7. The molecule has 0 bridgehead atoms. The molecule has 0 saturated heterocycles. The molecule has 104 valence electrons. The summed E-state index contributed by atoms with van der Waals surface area (Å²) in [5.74, 6) is -0.457. The second kappa shape index (κ2) is 5.85. The predicted octanol–water partition coefficient (Wildman–Crippen LogP) is 3.57. The van der Waals surface area contributed by atoms with E-state index in [-0.39, 0.29) is 18.0 Å². The fourth-order valence-electron chi connectivity index (χ4n) is 1.96. The minimum Gasteiger partial charge on any atom is -0.315 e. The van der Waals surface area contributed by atoms with E-state index in [2.05, 4.69) is 15.9 Å². The van der Waals surface area contributed by atoms with Crippen LogP contribution in [0.2, 0.25) is 0 Å². The molecule has 0 spiro atoms. The van der Waals surface area contributed by atoms with Gasteiger partial charge in [0.15, 0.2) is 5.78 Å². The van der Waals surface area contributed by atoms with Crippen molar-refractivity contribution in [3.63, 3.8) is 0 Å². The summed E-state index contributed by atoms with van der Waals surface area (Å²) in [7, 11) is 0. The maximum atomic E-state index is 13.2. The van der Waals surface area contributed by atoms with Crippen LogP contribution in [0.4, 0.5) is 4.39 Å². The number of hydrogen-bond acceptors (Lipinski definition) is 2. The molecule has 0 aromatic heterocycles. The summed E-state index contributed by atoms with van der Waals surface area (Å²) in [4.78, 5) is 12.4. The maximum Gasteiger partial charge on any atom is 0.161 e. The second-order valence-electron chi connectivity index (χ2n) is 4.92. The van der Waals surface area contributed by atoms with Crippen molar-refractivity contribution in [2.24, 2.45) is 5.73 Å². The molecule has 0 aliphatic carbocycles. The van der Waals surface area contributed by atoms with Gasteiger partial charge >= 0.3 is 0 Å². The summed E-state index contributed by atoms with van der Waals surface area (Å²) in [6, 6.07) is 13.8. The minimum atomic E-state index is -1.05. The standard InChI is InChI=1S/C16H15BrFNO/c1-16(19,12-5-3-2-4-6-12)15(20)10-11-7-8-14(18)13(17)9-11/h2-9H,10,19H2,1H3. The first-order valence-electron chi connectivity index (χ1n) is 6.23. The zero-order valence-electron chi connectivity index (χ0n) is 11.1. The van der Waals surface area contributed by atoms with Crippen LogP contribution < -0.4 is 5.73 Å². The van der Waals surface area contributed by atoms with E-state index in [0.29, 0.717) is 4.47 Å². The molecule has 2 rings (SSSR count). The van der Waals surface area contributed by atoms with E-state index in [0.717, 1.165) is 11.1 Å². The first kappa shape index (κ1) is 14.9. The molecule has 1 unspecified atom stereocenters. The van der Waals surface area contributed by atoms with Crippen molar-refractivity contribution >= 4 is 21.7 Å². The van der Waals surface area contributed by atoms with Crippen LogP contribution in [-0.4, -0.2) is 5.78 Å². The van der Waals surface area contributed by atoms with Crippen molar-refractivity contribution in [2.45, 2.75) is 18.9 Å². The maximum absolute atomic E-state index is 13.2. The third kappa shape index (κ3) is 3.14. The number of ketones is 1. The van der Waals surface area contributed by atoms with Gasteiger partial charge in [-0.15, -0.1) is 0 Å². The molecule has 2 aromatic carbocycles. The second-order valence-corrected chi connectivity index (χ2v) is 5.77. The number of Topliss-reactive ketones (excluding diaryl/α,β-unsaturated/α-hetero) is 1. The summed E-state index contributed by atoms with van der Waals surface area (Å²) in [5.41, 5.74) is 6.61. The fraction of sp³-hybridized carbons (Fsp3) is 0.188. The quantitative estimate of drug-likeness (QED) is 0.927. The van der Waals surface area contributed by atoms with E-state index in [1.54, 1.807) is 19.1 Å². The van der Waals surface area contributed by atoms with Crippen molar-refractivity contribution in [3.05, 3.63) is 69.9 Å². The number of hydrogen-bond donors (Lipinski definition) is 1. The molecular weight excluding hydrogens is 321 g/mol. The average molecular weight is 336 g/mol. The number of halogens is 2. The van der Waals surface area contributed by atoms with E-state index >= 15 is 0 Å². The Morgan fingerprint density at radius 1 is 1.25 bits per heavy atom. The Kier molecular flexibility index (Phi) is 4.35. The van der Waals surface area contributed by atoms with Gasteiger partial charge in [-0.3, -0.25) is 4.79 Å². The topological polar surface area (TPSA) is 43.1 Å². The van der Waals surface area contributed by atoms with Gasteiger partial charge in [-0.25, -0.2) is 4.39 Å². The zero-order chi connectivity index (χ0) is 14.8. The van der Waals surface area contributed by atoms with E-state index in [1.165, 1.54) is 6.07 Å². The Balaban J connectivity index is 2.21. The van der Waals surface area contributed by atoms with E-state index < -0.39 is 5.54 Å². The highest BCUT2D eigenvalue weighted by Gasteiger charge is 2.29. The number of carbonyl (C=O) groups is 1. The first-order valence-corrected chi connectivity index (χ1v) is 7.02. The number of benzene rings is 2. The molecule has 4 heteroatoms. The highest BCUT2D eigenvalue weighted by atomic mass is 79.9. The smallest absolute Gasteiger partial charge is 0.161 e. The predicted molar refractivity (Wildman–Crippen MR) is 80.8 cm³/mol. The number of carbonyl (C=O) groups excluding carboxylic acids is 1. The van der Waals surface area contributed by atoms with Crippen molar-refractivity contribution in [3.8, 4) is 0 Å². The summed E-state index contributed by atoms with van der Waals surface area (Å²) in [5, 5.41) is 0. The monoisotopic (exact) mass is 335 g/mol. The molecule has 0 radical (unpaired) electrons. The number of nitrogens with two attached hydrogens (primary N) is 1. The summed E-state index contributed by atoms with van der Waals surface area (Å²) >= 11 is 3.11. The van der Waals surface area contributed by atoms with Crippen molar-refractivity contribution in [1.82, 2.24) is 0 Å². The van der Waals surface area contributed by atoms with Gasteiger partial charge in [0.1, 0.15) is 5.82 Å². The van der Waals surface area contributed by atoms with E-state index in [9.17, 15) is 9.18 Å². The molecule has 0 saturated carbocycles. The summed E-state index contributed by atoms with van der Waals surface area (Å²) < 4.78 is 13.5. The lowest BCUT2D eigenvalue weighted by atomic mass is 9.86. The Hall–Kier alpha value is -1.52. The Morgan fingerprint density at radius 2 is 1.90 bits per heavy atom. The van der Waals surface area contributed by atoms with Crippen LogP contribution in [0.5, 0.6) is 0 Å². The fourth-order valence-corrected chi connectivity index (χ4v) is 2.39. The van der Waals surface area contributed by atoms with Gasteiger partial charge in [-0.1, -0.05) is 36.4 Å². The van der Waals surface area contributed by atoms with Crippen LogP contribution in [0.1, 0.15) is 18.1 Å². The summed E-state index contributed by atoms with van der Waals surface area (Å²) in [6.45, 7) is 1.70. The van der Waals surface area contributed by atoms with E-state index in [1.807, 2.05) is 30.3 Å². The van der Waals surface area contributed by atoms with Crippen LogP contribution in [0, 0.1) is 5.82 Å². The molecule has 1 atom stereocenters. The highest BCUT2D eigenvalue weighted by molar-refractivity contribution is 9.10. The lowest BCUT2D eigenvalue weighted by Crippen LogP contribution is -2.42. The first-order chi connectivity index (χ1) is 9.41. The van der Waals surface area contributed by atoms with Gasteiger partial charge in [-0.2, -0.15) is 0 Å². The molecule has 2 N–H and O–H groups in total. The highest BCUT2D eigenvalue weighted by Crippen LogP contribution is 2.22. The van der Waals surface area contributed by atoms with Gasteiger partial charge in [0.2, 0.25) is 0 Å². The molecule has 20 heavy (non-hydrogen) atoms. The van der Waals surface area contributed by atoms with Crippen LogP contribution in [-0.2, 0) is 16.8 Å². The Labute approximate surface area is 125 Å². The molecule has 0 aliphatic heterocycles. The van der Waals surface area contributed by atoms with Crippen LogP contribution in [0.15, 0.2) is 53.0 Å². The lowest BCUT2D eigenvalue weighted by Gasteiger charge is -2.23. The van der Waals surface area contributed by atoms with Crippen LogP contribution >= 0.6 is 15.9 Å². The lowest BCUT2D eigenvalue weighted by molar-refractivity contribution is -0.123. The molecular formula is C16H15BrFNO. The third-order valence-corrected chi connectivity index (χ3v) is 3.91. The van der Waals surface area contributed by atoms with Crippen molar-refractivity contribution in [1.29, 1.82) is 0 Å². The van der Waals surface area contributed by atoms with Crippen LogP contribution in [0.3, 0.4) is 0 Å². The number of rotatable bonds is 4. The third-order valence-electron chi connectivity index (χ3n) is 3.30. The van der Waals surface area contributed by atoms with Crippen molar-refractivity contribution in [2.75, 3.05) is 0 Å². The van der Waals surface area contributed by atoms with Gasteiger partial charge in [0.25, 0.3) is 0 Å². The molecule has 2 aromatic rings. The van der Waals surface area contributed by atoms with Crippen LogP contribution in [0.25, 0.3) is 0 Å². The van der Waals surface area contributed by atoms with Gasteiger partial charge < -0.3 is 5.73 Å². The molecule has 0 fully saturated rings. The molecule has 0 aliphatic rings. The molecule has 2 nitrogen and oxygen atoms in total. The van der Waals surface area contributed by atoms with Gasteiger partial charge in [-0.05, 0) is 46.1 Å². The Morgan fingerprint density at radius 3 is 2.50 bits per heavy atom. The average Bonchev–Trinajstić information content (AvgIpc) is 2.44. The Bertz CT molecular complexity index is 626. The van der Waals surface area contributed by atoms with Crippen molar-refractivity contribution < 1.29 is 9.18 Å². The normalized spacial score (nSPS) is 13.8. The SMILES string of the molecule is CC(N)(C(=O)Cc1ccc(F)c(Br)c1)c1ccccc1. The van der Waals surface area contributed by atoms with Gasteiger partial charge in [0, 0.05) is 6.42 Å². The largest absolute Gasteiger partial charge is 0.315 e. The minimum absolute atomic E-state index is 0.109. The van der Waals surface area contributed by atoms with E-state index in [4.69, 9.17) is 5.73 Å². The van der Waals surface area contributed by atoms with Gasteiger partial charge in [0.05, 0.1) is 10.0 Å². The molecule has 0 heterocycles. The summed E-state index contributed by atoms with van der Waals surface area (Å²) in [6.07, 6.45) is 0.167. The molecule has 0 amide bonds.